The van der Waals surface area contributed by atoms with Crippen LogP contribution in [0.1, 0.15) is 0 Å². The van der Waals surface area contributed by atoms with Crippen molar-refractivity contribution in [2.45, 2.75) is 0 Å². The molecular formula is C68H45N3. The number of aromatic nitrogens is 1. The fourth-order valence-electron chi connectivity index (χ4n) is 11.2. The van der Waals surface area contributed by atoms with Crippen molar-refractivity contribution in [3.63, 3.8) is 0 Å². The second-order valence-electron chi connectivity index (χ2n) is 18.5. The fraction of sp³-hybridized carbons (Fsp3) is 0. The summed E-state index contributed by atoms with van der Waals surface area (Å²) in [4.78, 5) is 4.67. The van der Waals surface area contributed by atoms with Gasteiger partial charge in [-0.15, -0.1) is 0 Å². The van der Waals surface area contributed by atoms with Crippen LogP contribution in [0.2, 0.25) is 0 Å². The van der Waals surface area contributed by atoms with E-state index in [1.165, 1.54) is 87.3 Å². The number of nitrogens with zero attached hydrogens (tertiary/aromatic N) is 3. The predicted molar refractivity (Wildman–Crippen MR) is 302 cm³/mol. The van der Waals surface area contributed by atoms with Crippen LogP contribution in [0.5, 0.6) is 0 Å². The molecule has 71 heavy (non-hydrogen) atoms. The van der Waals surface area contributed by atoms with Crippen molar-refractivity contribution in [1.29, 1.82) is 0 Å². The van der Waals surface area contributed by atoms with E-state index in [-0.39, 0.29) is 0 Å². The molecule has 1 aromatic heterocycles. The molecule has 14 aromatic rings. The minimum Gasteiger partial charge on any atom is -0.311 e. The lowest BCUT2D eigenvalue weighted by molar-refractivity contribution is 1.20. The molecule has 0 aliphatic rings. The van der Waals surface area contributed by atoms with E-state index < -0.39 is 0 Å². The van der Waals surface area contributed by atoms with E-state index in [4.69, 9.17) is 0 Å². The second-order valence-corrected chi connectivity index (χ2v) is 18.5. The highest BCUT2D eigenvalue weighted by molar-refractivity contribution is 6.33. The van der Waals surface area contributed by atoms with Crippen molar-refractivity contribution in [1.82, 2.24) is 4.57 Å². The number of hydrogen-bond acceptors (Lipinski definition) is 2. The van der Waals surface area contributed by atoms with Crippen LogP contribution in [0.25, 0.3) is 92.8 Å². The van der Waals surface area contributed by atoms with E-state index in [1.54, 1.807) is 0 Å². The highest BCUT2D eigenvalue weighted by Gasteiger charge is 2.21. The SMILES string of the molecule is c1ccc(-c2ccc(N(c3ccc(-c4ccc5c6c7ccc8cccc9ccc(cc6n(-c6cccc%10ccccc6%10)c5c4)c7c98)cc3)c3ccc(N(c4ccccc4)c4ccccc4)cc3)cc2)cc1. The molecule has 0 saturated heterocycles. The average molecular weight is 904 g/mol. The molecule has 0 radical (unpaired) electrons. The number of anilines is 6. The zero-order valence-electron chi connectivity index (χ0n) is 38.8. The smallest absolute Gasteiger partial charge is 0.0553 e. The summed E-state index contributed by atoms with van der Waals surface area (Å²) >= 11 is 0. The summed E-state index contributed by atoms with van der Waals surface area (Å²) in [6, 6.07) is 99.6. The minimum atomic E-state index is 1.07. The Morgan fingerprint density at radius 2 is 0.662 bits per heavy atom. The molecule has 0 N–H and O–H groups in total. The van der Waals surface area contributed by atoms with Crippen LogP contribution in [-0.4, -0.2) is 4.57 Å². The Bertz CT molecular complexity index is 4180. The Kier molecular flexibility index (Phi) is 9.53. The molecule has 332 valence electrons. The molecule has 0 aliphatic carbocycles. The molecule has 0 saturated carbocycles. The van der Waals surface area contributed by atoms with Crippen LogP contribution in [0.15, 0.2) is 273 Å². The topological polar surface area (TPSA) is 11.4 Å². The van der Waals surface area contributed by atoms with Gasteiger partial charge in [0.2, 0.25) is 0 Å². The van der Waals surface area contributed by atoms with Crippen LogP contribution >= 0.6 is 0 Å². The summed E-state index contributed by atoms with van der Waals surface area (Å²) < 4.78 is 2.51. The van der Waals surface area contributed by atoms with Gasteiger partial charge in [-0.3, -0.25) is 0 Å². The van der Waals surface area contributed by atoms with Gasteiger partial charge in [0, 0.05) is 50.3 Å². The Morgan fingerprint density at radius 3 is 1.30 bits per heavy atom. The van der Waals surface area contributed by atoms with Crippen molar-refractivity contribution in [3.05, 3.63) is 273 Å². The van der Waals surface area contributed by atoms with Crippen LogP contribution in [0.4, 0.5) is 34.1 Å². The van der Waals surface area contributed by atoms with E-state index in [0.29, 0.717) is 0 Å². The van der Waals surface area contributed by atoms with Gasteiger partial charge in [0.25, 0.3) is 0 Å². The normalized spacial score (nSPS) is 11.7. The predicted octanol–water partition coefficient (Wildman–Crippen LogP) is 19.1. The van der Waals surface area contributed by atoms with Crippen LogP contribution in [0.3, 0.4) is 0 Å². The highest BCUT2D eigenvalue weighted by Crippen LogP contribution is 2.46. The van der Waals surface area contributed by atoms with Crippen molar-refractivity contribution in [2.24, 2.45) is 0 Å². The maximum Gasteiger partial charge on any atom is 0.0553 e. The van der Waals surface area contributed by atoms with E-state index in [9.17, 15) is 0 Å². The maximum atomic E-state index is 2.51. The molecule has 14 rings (SSSR count). The Morgan fingerprint density at radius 1 is 0.225 bits per heavy atom. The zero-order chi connectivity index (χ0) is 46.8. The van der Waals surface area contributed by atoms with Gasteiger partial charge in [0.1, 0.15) is 0 Å². The molecule has 0 unspecified atom stereocenters. The summed E-state index contributed by atoms with van der Waals surface area (Å²) in [6.45, 7) is 0. The van der Waals surface area contributed by atoms with Crippen LogP contribution in [-0.2, 0) is 0 Å². The monoisotopic (exact) mass is 903 g/mol. The summed E-state index contributed by atoms with van der Waals surface area (Å²) in [5.74, 6) is 0. The summed E-state index contributed by atoms with van der Waals surface area (Å²) in [7, 11) is 0. The number of fused-ring (bicyclic) bond motifs is 5. The number of para-hydroxylation sites is 2. The van der Waals surface area contributed by atoms with Crippen LogP contribution in [0, 0.1) is 0 Å². The minimum absolute atomic E-state index is 1.07. The van der Waals surface area contributed by atoms with Gasteiger partial charge in [-0.05, 0) is 151 Å². The lowest BCUT2D eigenvalue weighted by Crippen LogP contribution is -2.12. The second kappa shape index (κ2) is 16.7. The number of benzene rings is 13. The van der Waals surface area contributed by atoms with Crippen molar-refractivity contribution < 1.29 is 0 Å². The van der Waals surface area contributed by atoms with Crippen molar-refractivity contribution in [3.8, 4) is 27.9 Å². The fourth-order valence-corrected chi connectivity index (χ4v) is 11.2. The maximum absolute atomic E-state index is 2.51. The first-order valence-corrected chi connectivity index (χ1v) is 24.4. The van der Waals surface area contributed by atoms with Gasteiger partial charge in [0.05, 0.1) is 16.7 Å². The van der Waals surface area contributed by atoms with Gasteiger partial charge in [-0.2, -0.15) is 0 Å². The lowest BCUT2D eigenvalue weighted by atomic mass is 9.92. The summed E-state index contributed by atoms with van der Waals surface area (Å²) in [5, 5.41) is 12.8. The van der Waals surface area contributed by atoms with Crippen molar-refractivity contribution >= 4 is 99.0 Å². The first kappa shape index (κ1) is 40.6. The third kappa shape index (κ3) is 6.82. The third-order valence-electron chi connectivity index (χ3n) is 14.5. The van der Waals surface area contributed by atoms with Gasteiger partial charge in [-0.25, -0.2) is 0 Å². The quantitative estimate of drug-likeness (QED) is 0.134. The Labute approximate surface area is 412 Å². The van der Waals surface area contributed by atoms with Gasteiger partial charge in [-0.1, -0.05) is 182 Å². The first-order valence-electron chi connectivity index (χ1n) is 24.4. The summed E-state index contributed by atoms with van der Waals surface area (Å²) in [6.07, 6.45) is 0. The standard InChI is InChI=1S/C68H45N3/c1-4-14-46(15-5-1)47-28-34-56(35-29-47)70(59-40-38-58(39-41-59)69(54-20-6-2-7-21-54)55-22-8-3-9-23-55)57-36-30-48(31-37-57)52-33-42-61-64(44-52)71(63-25-13-17-49-16-10-11-24-60(49)63)65-45-53-27-26-50-18-12-19-51-32-43-62(68(61)65)67(53)66(50)51/h1-45H. The molecular weight excluding hydrogens is 859 g/mol. The van der Waals surface area contributed by atoms with Crippen molar-refractivity contribution in [2.75, 3.05) is 9.80 Å². The van der Waals surface area contributed by atoms with Gasteiger partial charge in [0.15, 0.2) is 0 Å². The Balaban J connectivity index is 0.907. The zero-order valence-corrected chi connectivity index (χ0v) is 38.8. The van der Waals surface area contributed by atoms with E-state index in [0.717, 1.165) is 39.7 Å². The molecule has 3 heteroatoms. The van der Waals surface area contributed by atoms with Gasteiger partial charge < -0.3 is 14.4 Å². The van der Waals surface area contributed by atoms with Crippen LogP contribution < -0.4 is 9.80 Å². The molecule has 0 bridgehead atoms. The molecule has 1 heterocycles. The first-order chi connectivity index (χ1) is 35.2. The molecule has 3 nitrogen and oxygen atoms in total. The van der Waals surface area contributed by atoms with E-state index in [1.807, 2.05) is 0 Å². The van der Waals surface area contributed by atoms with Gasteiger partial charge >= 0.3 is 0 Å². The number of hydrogen-bond donors (Lipinski definition) is 0. The third-order valence-corrected chi connectivity index (χ3v) is 14.5. The molecule has 0 amide bonds. The Hall–Kier alpha value is -9.44. The van der Waals surface area contributed by atoms with E-state index in [2.05, 4.69) is 287 Å². The largest absolute Gasteiger partial charge is 0.311 e. The molecule has 0 spiro atoms. The number of rotatable bonds is 9. The summed E-state index contributed by atoms with van der Waals surface area (Å²) in [5.41, 5.74) is 14.8. The molecule has 0 aliphatic heterocycles. The molecule has 13 aromatic carbocycles. The molecule has 0 atom stereocenters. The lowest BCUT2D eigenvalue weighted by Gasteiger charge is -2.28. The molecule has 0 fully saturated rings. The van der Waals surface area contributed by atoms with E-state index >= 15 is 0 Å². The average Bonchev–Trinajstić information content (AvgIpc) is 3.77. The highest BCUT2D eigenvalue weighted by atomic mass is 15.2.